The molecular formula is C20H25F3N4O4S. The number of hydrogen-bond acceptors (Lipinski definition) is 6. The maximum absolute atomic E-state index is 13.0. The number of esters is 1. The van der Waals surface area contributed by atoms with Gasteiger partial charge in [-0.2, -0.15) is 18.3 Å². The Kier molecular flexibility index (Phi) is 7.70. The Morgan fingerprint density at radius 2 is 1.91 bits per heavy atom. The van der Waals surface area contributed by atoms with Gasteiger partial charge in [-0.05, 0) is 38.8 Å². The van der Waals surface area contributed by atoms with E-state index in [2.05, 4.69) is 10.4 Å². The Balaban J connectivity index is 2.41. The fraction of sp³-hybridized carbons (Fsp3) is 0.500. The molecule has 2 amide bonds. The number of carbonyl (C=O) groups is 3. The molecule has 0 radical (unpaired) electrons. The van der Waals surface area contributed by atoms with Gasteiger partial charge in [-0.25, -0.2) is 4.79 Å². The summed E-state index contributed by atoms with van der Waals surface area (Å²) in [6.07, 6.45) is -4.06. The Labute approximate surface area is 187 Å². The molecule has 0 aliphatic heterocycles. The van der Waals surface area contributed by atoms with Gasteiger partial charge in [-0.1, -0.05) is 6.92 Å². The van der Waals surface area contributed by atoms with Crippen molar-refractivity contribution in [1.29, 1.82) is 0 Å². The first kappa shape index (κ1) is 25.4. The molecule has 0 aliphatic rings. The average molecular weight is 475 g/mol. The lowest BCUT2D eigenvalue weighted by molar-refractivity contribution is -0.141. The van der Waals surface area contributed by atoms with Crippen LogP contribution in [0.25, 0.3) is 0 Å². The van der Waals surface area contributed by atoms with Gasteiger partial charge in [-0.3, -0.25) is 14.3 Å². The van der Waals surface area contributed by atoms with Crippen LogP contribution in [0.15, 0.2) is 6.07 Å². The van der Waals surface area contributed by atoms with Gasteiger partial charge in [0.2, 0.25) is 5.91 Å². The van der Waals surface area contributed by atoms with E-state index in [9.17, 15) is 27.6 Å². The Morgan fingerprint density at radius 3 is 2.41 bits per heavy atom. The van der Waals surface area contributed by atoms with Crippen molar-refractivity contribution in [2.24, 2.45) is 0 Å². The smallest absolute Gasteiger partial charge is 0.435 e. The van der Waals surface area contributed by atoms with Crippen LogP contribution in [0.2, 0.25) is 0 Å². The lowest BCUT2D eigenvalue weighted by Crippen LogP contribution is -2.26. The first-order valence-electron chi connectivity index (χ1n) is 9.75. The first-order valence-corrected chi connectivity index (χ1v) is 10.6. The molecule has 176 valence electrons. The van der Waals surface area contributed by atoms with Crippen LogP contribution in [0.5, 0.6) is 0 Å². The molecule has 0 aromatic carbocycles. The fourth-order valence-electron chi connectivity index (χ4n) is 2.87. The van der Waals surface area contributed by atoms with E-state index in [4.69, 9.17) is 4.74 Å². The van der Waals surface area contributed by atoms with E-state index >= 15 is 0 Å². The highest BCUT2D eigenvalue weighted by molar-refractivity contribution is 7.18. The standard InChI is InChI=1S/C20H25F3N4O4S/c1-7-8-31-19(30)14-11(3)15(18(29)26(5)6)32-17(14)24-16(28)12(4)27-10(2)9-13(25-27)20(21,22)23/h9,12H,7-8H2,1-6H3,(H,24,28). The lowest BCUT2D eigenvalue weighted by atomic mass is 10.1. The van der Waals surface area contributed by atoms with Crippen molar-refractivity contribution >= 4 is 34.1 Å². The third-order valence-corrected chi connectivity index (χ3v) is 5.78. The van der Waals surface area contributed by atoms with Crippen LogP contribution in [-0.4, -0.2) is 53.2 Å². The third-order valence-electron chi connectivity index (χ3n) is 4.58. The second-order valence-corrected chi connectivity index (χ2v) is 8.39. The molecule has 0 saturated heterocycles. The van der Waals surface area contributed by atoms with Gasteiger partial charge in [0.25, 0.3) is 5.91 Å². The minimum atomic E-state index is -4.64. The van der Waals surface area contributed by atoms with Gasteiger partial charge in [0.05, 0.1) is 17.0 Å². The zero-order chi connectivity index (χ0) is 24.4. The van der Waals surface area contributed by atoms with Crippen LogP contribution < -0.4 is 5.32 Å². The highest BCUT2D eigenvalue weighted by atomic mass is 32.1. The number of nitrogens with zero attached hydrogens (tertiary/aromatic N) is 3. The molecule has 32 heavy (non-hydrogen) atoms. The molecule has 0 bridgehead atoms. The number of nitrogens with one attached hydrogen (secondary N) is 1. The molecule has 12 heteroatoms. The summed E-state index contributed by atoms with van der Waals surface area (Å²) in [6, 6.07) is -0.262. The quantitative estimate of drug-likeness (QED) is 0.611. The molecule has 2 aromatic heterocycles. The molecule has 0 saturated carbocycles. The van der Waals surface area contributed by atoms with Crippen LogP contribution >= 0.6 is 11.3 Å². The van der Waals surface area contributed by atoms with Crippen LogP contribution in [0.1, 0.15) is 63.3 Å². The number of hydrogen-bond donors (Lipinski definition) is 1. The van der Waals surface area contributed by atoms with Gasteiger partial charge < -0.3 is 15.0 Å². The molecule has 0 fully saturated rings. The van der Waals surface area contributed by atoms with Crippen LogP contribution in [0, 0.1) is 13.8 Å². The van der Waals surface area contributed by atoms with Crippen LogP contribution in [0.3, 0.4) is 0 Å². The number of carbonyl (C=O) groups excluding carboxylic acids is 3. The number of anilines is 1. The molecule has 8 nitrogen and oxygen atoms in total. The Morgan fingerprint density at radius 1 is 1.28 bits per heavy atom. The summed E-state index contributed by atoms with van der Waals surface area (Å²) in [5.41, 5.74) is -0.563. The van der Waals surface area contributed by atoms with Crippen molar-refractivity contribution in [3.8, 4) is 0 Å². The zero-order valence-corrected chi connectivity index (χ0v) is 19.4. The summed E-state index contributed by atoms with van der Waals surface area (Å²) in [7, 11) is 3.10. The van der Waals surface area contributed by atoms with Gasteiger partial charge in [0.15, 0.2) is 5.69 Å². The van der Waals surface area contributed by atoms with E-state index in [-0.39, 0.29) is 33.6 Å². The molecule has 2 rings (SSSR count). The molecule has 2 aromatic rings. The molecule has 1 unspecified atom stereocenters. The summed E-state index contributed by atoms with van der Waals surface area (Å²) >= 11 is 0.905. The van der Waals surface area contributed by atoms with E-state index in [1.807, 2.05) is 6.92 Å². The molecule has 1 N–H and O–H groups in total. The minimum Gasteiger partial charge on any atom is -0.462 e. The molecular weight excluding hydrogens is 449 g/mol. The highest BCUT2D eigenvalue weighted by Crippen LogP contribution is 2.35. The van der Waals surface area contributed by atoms with Crippen LogP contribution in [-0.2, 0) is 15.7 Å². The zero-order valence-electron chi connectivity index (χ0n) is 18.6. The number of rotatable bonds is 7. The maximum atomic E-state index is 13.0. The Hall–Kier alpha value is -2.89. The fourth-order valence-corrected chi connectivity index (χ4v) is 4.09. The lowest BCUT2D eigenvalue weighted by Gasteiger charge is -2.15. The van der Waals surface area contributed by atoms with E-state index in [0.29, 0.717) is 12.0 Å². The van der Waals surface area contributed by atoms with E-state index in [1.165, 1.54) is 18.7 Å². The second-order valence-electron chi connectivity index (χ2n) is 7.37. The molecule has 0 spiro atoms. The van der Waals surface area contributed by atoms with Crippen molar-refractivity contribution < 1.29 is 32.3 Å². The molecule has 2 heterocycles. The van der Waals surface area contributed by atoms with E-state index in [1.54, 1.807) is 21.0 Å². The number of aromatic nitrogens is 2. The van der Waals surface area contributed by atoms with Gasteiger partial charge in [0.1, 0.15) is 11.0 Å². The van der Waals surface area contributed by atoms with Gasteiger partial charge >= 0.3 is 12.1 Å². The summed E-state index contributed by atoms with van der Waals surface area (Å²) < 4.78 is 45.0. The summed E-state index contributed by atoms with van der Waals surface area (Å²) in [6.45, 7) is 6.34. The largest absolute Gasteiger partial charge is 0.462 e. The number of alkyl halides is 3. The normalized spacial score (nSPS) is 12.4. The summed E-state index contributed by atoms with van der Waals surface area (Å²) in [5.74, 6) is -1.75. The Bertz CT molecular complexity index is 1030. The minimum absolute atomic E-state index is 0.0439. The summed E-state index contributed by atoms with van der Waals surface area (Å²) in [4.78, 5) is 39.5. The van der Waals surface area contributed by atoms with Crippen LogP contribution in [0.4, 0.5) is 18.2 Å². The number of ether oxygens (including phenoxy) is 1. The maximum Gasteiger partial charge on any atom is 0.435 e. The van der Waals surface area contributed by atoms with Crippen molar-refractivity contribution in [1.82, 2.24) is 14.7 Å². The average Bonchev–Trinajstić information content (AvgIpc) is 3.24. The predicted molar refractivity (Wildman–Crippen MR) is 113 cm³/mol. The van der Waals surface area contributed by atoms with Crippen molar-refractivity contribution in [3.05, 3.63) is 33.5 Å². The second kappa shape index (κ2) is 9.72. The summed E-state index contributed by atoms with van der Waals surface area (Å²) in [5, 5.41) is 6.15. The predicted octanol–water partition coefficient (Wildman–Crippen LogP) is 4.05. The molecule has 1 atom stereocenters. The number of aryl methyl sites for hydroxylation is 1. The van der Waals surface area contributed by atoms with Crippen molar-refractivity contribution in [2.45, 2.75) is 46.3 Å². The number of amides is 2. The monoisotopic (exact) mass is 474 g/mol. The van der Waals surface area contributed by atoms with Crippen molar-refractivity contribution in [2.75, 3.05) is 26.0 Å². The third kappa shape index (κ3) is 5.29. The number of thiophene rings is 1. The molecule has 0 aliphatic carbocycles. The van der Waals surface area contributed by atoms with E-state index in [0.717, 1.165) is 22.1 Å². The topological polar surface area (TPSA) is 93.5 Å². The van der Waals surface area contributed by atoms with E-state index < -0.39 is 29.8 Å². The van der Waals surface area contributed by atoms with Crippen molar-refractivity contribution in [3.63, 3.8) is 0 Å². The SMILES string of the molecule is CCCOC(=O)c1c(NC(=O)C(C)n2nc(C(F)(F)F)cc2C)sc(C(=O)N(C)C)c1C. The van der Waals surface area contributed by atoms with Gasteiger partial charge in [-0.15, -0.1) is 11.3 Å². The van der Waals surface area contributed by atoms with Gasteiger partial charge in [0, 0.05) is 19.8 Å². The highest BCUT2D eigenvalue weighted by Gasteiger charge is 2.36. The first-order chi connectivity index (χ1) is 14.8. The number of halogens is 3.